The highest BCUT2D eigenvalue weighted by Gasteiger charge is 2.44. The second-order valence-corrected chi connectivity index (χ2v) is 8.58. The van der Waals surface area contributed by atoms with Gasteiger partial charge in [-0.1, -0.05) is 6.92 Å². The van der Waals surface area contributed by atoms with E-state index in [1.165, 1.54) is 0 Å². The molecule has 0 unspecified atom stereocenters. The monoisotopic (exact) mass is 414 g/mol. The summed E-state index contributed by atoms with van der Waals surface area (Å²) in [5, 5.41) is 11.7. The Hall–Kier alpha value is -3.37. The molecule has 0 saturated carbocycles. The summed E-state index contributed by atoms with van der Waals surface area (Å²) in [5.41, 5.74) is 3.58. The van der Waals surface area contributed by atoms with Crippen LogP contribution in [0, 0.1) is 11.3 Å². The molecule has 1 fully saturated rings. The van der Waals surface area contributed by atoms with E-state index in [-0.39, 0.29) is 11.6 Å². The van der Waals surface area contributed by atoms with Crippen LogP contribution >= 0.6 is 0 Å². The number of benzene rings is 1. The summed E-state index contributed by atoms with van der Waals surface area (Å²) in [5.74, 6) is 0.835. The maximum absolute atomic E-state index is 9.64. The van der Waals surface area contributed by atoms with Crippen molar-refractivity contribution < 1.29 is 4.74 Å². The number of aromatic amines is 1. The molecule has 1 aromatic carbocycles. The third-order valence-electron chi connectivity index (χ3n) is 6.16. The van der Waals surface area contributed by atoms with Crippen molar-refractivity contribution in [2.45, 2.75) is 38.8 Å². The van der Waals surface area contributed by atoms with Crippen LogP contribution < -0.4 is 4.74 Å². The number of H-pyrrole nitrogens is 1. The number of hydrogen-bond donors (Lipinski definition) is 1. The third-order valence-corrected chi connectivity index (χ3v) is 6.16. The topological polar surface area (TPSA) is 82.8 Å². The predicted octanol–water partition coefficient (Wildman–Crippen LogP) is 4.31. The van der Waals surface area contributed by atoms with Crippen LogP contribution in [0.1, 0.15) is 27.2 Å². The zero-order valence-electron chi connectivity index (χ0n) is 18.1. The molecule has 3 aromatic heterocycles. The van der Waals surface area contributed by atoms with Gasteiger partial charge in [0.25, 0.3) is 0 Å². The molecule has 1 aliphatic rings. The summed E-state index contributed by atoms with van der Waals surface area (Å²) in [7, 11) is 0. The number of hydrogen-bond acceptors (Lipinski definition) is 5. The van der Waals surface area contributed by atoms with Crippen LogP contribution in [0.15, 0.2) is 43.0 Å². The van der Waals surface area contributed by atoms with Gasteiger partial charge in [-0.05, 0) is 38.6 Å². The lowest BCUT2D eigenvalue weighted by Gasteiger charge is -2.50. The fourth-order valence-corrected chi connectivity index (χ4v) is 4.73. The molecule has 1 N–H and O–H groups in total. The van der Waals surface area contributed by atoms with Crippen molar-refractivity contribution in [1.29, 1.82) is 5.26 Å². The van der Waals surface area contributed by atoms with E-state index < -0.39 is 0 Å². The number of nitriles is 1. The van der Waals surface area contributed by atoms with Crippen molar-refractivity contribution in [1.82, 2.24) is 24.4 Å². The summed E-state index contributed by atoms with van der Waals surface area (Å²) in [6.45, 7) is 8.92. The molecule has 1 saturated heterocycles. The molecule has 0 spiro atoms. The summed E-state index contributed by atoms with van der Waals surface area (Å²) >= 11 is 0. The van der Waals surface area contributed by atoms with E-state index in [1.54, 1.807) is 6.33 Å². The first-order valence-corrected chi connectivity index (χ1v) is 10.7. The molecule has 4 heterocycles. The quantitative estimate of drug-likeness (QED) is 0.508. The molecule has 0 atom stereocenters. The van der Waals surface area contributed by atoms with Gasteiger partial charge in [0.15, 0.2) is 0 Å². The van der Waals surface area contributed by atoms with Crippen molar-refractivity contribution in [2.24, 2.45) is 0 Å². The maximum Gasteiger partial charge on any atom is 0.141 e. The highest BCUT2D eigenvalue weighted by atomic mass is 16.5. The Kier molecular flexibility index (Phi) is 4.67. The van der Waals surface area contributed by atoms with Gasteiger partial charge >= 0.3 is 0 Å². The van der Waals surface area contributed by atoms with E-state index in [0.717, 1.165) is 58.6 Å². The molecule has 0 aliphatic carbocycles. The van der Waals surface area contributed by atoms with Crippen LogP contribution in [0.2, 0.25) is 0 Å². The van der Waals surface area contributed by atoms with Gasteiger partial charge in [-0.3, -0.25) is 4.90 Å². The van der Waals surface area contributed by atoms with Gasteiger partial charge in [0, 0.05) is 47.9 Å². The Bertz CT molecular complexity index is 1290. The number of ether oxygens (including phenoxy) is 1. The number of fused-ring (bicyclic) bond motifs is 2. The van der Waals surface area contributed by atoms with E-state index in [1.807, 2.05) is 32.2 Å². The van der Waals surface area contributed by atoms with Crippen LogP contribution in [0.25, 0.3) is 33.2 Å². The zero-order chi connectivity index (χ0) is 21.6. The zero-order valence-corrected chi connectivity index (χ0v) is 18.1. The molecule has 0 amide bonds. The van der Waals surface area contributed by atoms with Crippen molar-refractivity contribution >= 4 is 21.9 Å². The maximum atomic E-state index is 9.64. The van der Waals surface area contributed by atoms with Gasteiger partial charge in [0.2, 0.25) is 0 Å². The largest absolute Gasteiger partial charge is 0.491 e. The van der Waals surface area contributed by atoms with Gasteiger partial charge < -0.3 is 14.3 Å². The van der Waals surface area contributed by atoms with E-state index >= 15 is 0 Å². The average Bonchev–Trinajstić information content (AvgIpc) is 3.34. The van der Waals surface area contributed by atoms with Gasteiger partial charge in [-0.15, -0.1) is 0 Å². The Morgan fingerprint density at radius 2 is 2.06 bits per heavy atom. The van der Waals surface area contributed by atoms with Crippen LogP contribution in [-0.4, -0.2) is 50.2 Å². The number of aromatic nitrogens is 4. The number of likely N-dealkylation sites (N-methyl/N-ethyl adjacent to an activating group) is 1. The SMILES string of the molecule is CCN1CC(CC#N)(n2cc(-c3ncnc4[nH]ccc34)c3ccc(OC(C)C)cc32)C1. The van der Waals surface area contributed by atoms with E-state index in [2.05, 4.69) is 55.7 Å². The Morgan fingerprint density at radius 3 is 2.81 bits per heavy atom. The van der Waals surface area contributed by atoms with Gasteiger partial charge in [-0.2, -0.15) is 5.26 Å². The fourth-order valence-electron chi connectivity index (χ4n) is 4.73. The van der Waals surface area contributed by atoms with E-state index in [9.17, 15) is 5.26 Å². The lowest BCUT2D eigenvalue weighted by Crippen LogP contribution is -2.62. The van der Waals surface area contributed by atoms with Crippen LogP contribution in [0.3, 0.4) is 0 Å². The fraction of sp³-hybridized carbons (Fsp3) is 0.375. The highest BCUT2D eigenvalue weighted by Crippen LogP contribution is 2.41. The van der Waals surface area contributed by atoms with Crippen LogP contribution in [0.4, 0.5) is 0 Å². The lowest BCUT2D eigenvalue weighted by atomic mass is 9.86. The minimum atomic E-state index is -0.248. The normalized spacial score (nSPS) is 16.0. The smallest absolute Gasteiger partial charge is 0.141 e. The first-order valence-electron chi connectivity index (χ1n) is 10.7. The first-order chi connectivity index (χ1) is 15.0. The second-order valence-electron chi connectivity index (χ2n) is 8.58. The molecular formula is C24H26N6O. The molecule has 4 aromatic rings. The first kappa shape index (κ1) is 19.6. The minimum Gasteiger partial charge on any atom is -0.491 e. The molecule has 31 heavy (non-hydrogen) atoms. The van der Waals surface area contributed by atoms with Crippen molar-refractivity contribution in [3.05, 3.63) is 43.0 Å². The molecule has 158 valence electrons. The summed E-state index contributed by atoms with van der Waals surface area (Å²) in [6.07, 6.45) is 6.21. The Labute approximate surface area is 181 Å². The van der Waals surface area contributed by atoms with Gasteiger partial charge in [0.1, 0.15) is 17.7 Å². The number of nitrogens with one attached hydrogen (secondary N) is 1. The van der Waals surface area contributed by atoms with E-state index in [4.69, 9.17) is 4.74 Å². The Morgan fingerprint density at radius 1 is 1.23 bits per heavy atom. The van der Waals surface area contributed by atoms with Gasteiger partial charge in [0.05, 0.1) is 35.3 Å². The molecule has 1 aliphatic heterocycles. The number of rotatable bonds is 6. The average molecular weight is 415 g/mol. The number of nitrogens with zero attached hydrogens (tertiary/aromatic N) is 5. The molecule has 7 heteroatoms. The van der Waals surface area contributed by atoms with Crippen molar-refractivity contribution in [3.63, 3.8) is 0 Å². The number of likely N-dealkylation sites (tertiary alicyclic amines) is 1. The third kappa shape index (κ3) is 3.15. The summed E-state index contributed by atoms with van der Waals surface area (Å²) in [6, 6.07) is 10.7. The van der Waals surface area contributed by atoms with Crippen LogP contribution in [0.5, 0.6) is 5.75 Å². The lowest BCUT2D eigenvalue weighted by molar-refractivity contribution is 0.0223. The van der Waals surface area contributed by atoms with Gasteiger partial charge in [-0.25, -0.2) is 9.97 Å². The van der Waals surface area contributed by atoms with Crippen LogP contribution in [-0.2, 0) is 5.54 Å². The standard InChI is InChI=1S/C24H26N6O/c1-4-29-13-24(14-29,8-9-25)30-12-20(22-19-7-10-26-23(19)28-15-27-22)18-6-5-17(11-21(18)30)31-16(2)3/h5-7,10-12,15-16H,4,8,13-14H2,1-3H3,(H,26,27,28). The molecule has 7 nitrogen and oxygen atoms in total. The predicted molar refractivity (Wildman–Crippen MR) is 121 cm³/mol. The molecule has 0 radical (unpaired) electrons. The van der Waals surface area contributed by atoms with E-state index in [0.29, 0.717) is 6.42 Å². The highest BCUT2D eigenvalue weighted by molar-refractivity contribution is 6.02. The van der Waals surface area contributed by atoms with Crippen molar-refractivity contribution in [2.75, 3.05) is 19.6 Å². The Balaban J connectivity index is 1.74. The molecular weight excluding hydrogens is 388 g/mol. The summed E-state index contributed by atoms with van der Waals surface area (Å²) < 4.78 is 8.29. The summed E-state index contributed by atoms with van der Waals surface area (Å²) in [4.78, 5) is 14.5. The molecule has 0 bridgehead atoms. The minimum absolute atomic E-state index is 0.0917. The molecule has 5 rings (SSSR count). The second kappa shape index (κ2) is 7.40. The van der Waals surface area contributed by atoms with Crippen molar-refractivity contribution in [3.8, 4) is 23.1 Å².